The fourth-order valence-corrected chi connectivity index (χ4v) is 2.63. The molecule has 0 aliphatic heterocycles. The van der Waals surface area contributed by atoms with Crippen LogP contribution < -0.4 is 5.32 Å². The van der Waals surface area contributed by atoms with Crippen LogP contribution >= 0.6 is 0 Å². The molecule has 0 radical (unpaired) electrons. The number of fused-ring (bicyclic) bond motifs is 1. The Kier molecular flexibility index (Phi) is 2.75. The number of anilines is 1. The monoisotopic (exact) mass is 296 g/mol. The summed E-state index contributed by atoms with van der Waals surface area (Å²) in [5, 5.41) is 11.1. The highest BCUT2D eigenvalue weighted by atomic mass is 16.2. The number of amides is 1. The lowest BCUT2D eigenvalue weighted by atomic mass is 10.3. The second-order valence-corrected chi connectivity index (χ2v) is 5.70. The van der Waals surface area contributed by atoms with E-state index in [4.69, 9.17) is 0 Å². The Morgan fingerprint density at radius 1 is 1.36 bits per heavy atom. The van der Waals surface area contributed by atoms with Crippen LogP contribution in [0, 0.1) is 6.92 Å². The van der Waals surface area contributed by atoms with Crippen molar-refractivity contribution in [1.29, 1.82) is 0 Å². The average Bonchev–Trinajstić information content (AvgIpc) is 3.14. The van der Waals surface area contributed by atoms with Gasteiger partial charge in [-0.2, -0.15) is 0 Å². The molecule has 1 aliphatic carbocycles. The molecule has 1 N–H and O–H groups in total. The molecule has 1 amide bonds. The number of hydrogen-bond donors (Lipinski definition) is 1. The molecular weight excluding hydrogens is 280 g/mol. The van der Waals surface area contributed by atoms with Crippen molar-refractivity contribution in [3.63, 3.8) is 0 Å². The minimum absolute atomic E-state index is 0.240. The van der Waals surface area contributed by atoms with Crippen molar-refractivity contribution in [2.45, 2.75) is 25.7 Å². The molecule has 0 unspecified atom stereocenters. The van der Waals surface area contributed by atoms with Crippen LogP contribution in [0.2, 0.25) is 0 Å². The quantitative estimate of drug-likeness (QED) is 0.801. The number of aryl methyl sites for hydroxylation is 1. The van der Waals surface area contributed by atoms with Gasteiger partial charge in [-0.1, -0.05) is 6.07 Å². The predicted molar refractivity (Wildman–Crippen MR) is 80.9 cm³/mol. The molecule has 1 aliphatic rings. The van der Waals surface area contributed by atoms with E-state index in [1.807, 2.05) is 36.9 Å². The van der Waals surface area contributed by atoms with Gasteiger partial charge in [0.15, 0.2) is 0 Å². The first-order valence-electron chi connectivity index (χ1n) is 7.28. The van der Waals surface area contributed by atoms with E-state index in [-0.39, 0.29) is 5.91 Å². The molecule has 7 nitrogen and oxygen atoms in total. The van der Waals surface area contributed by atoms with E-state index < -0.39 is 0 Å². The number of nitrogens with one attached hydrogen (secondary N) is 1. The highest BCUT2D eigenvalue weighted by Gasteiger charge is 2.29. The summed E-state index contributed by atoms with van der Waals surface area (Å²) >= 11 is 0. The molecule has 0 spiro atoms. The molecule has 0 atom stereocenters. The summed E-state index contributed by atoms with van der Waals surface area (Å²) in [5.41, 5.74) is 2.29. The van der Waals surface area contributed by atoms with Crippen molar-refractivity contribution in [3.05, 3.63) is 41.6 Å². The summed E-state index contributed by atoms with van der Waals surface area (Å²) in [7, 11) is 1.88. The summed E-state index contributed by atoms with van der Waals surface area (Å²) in [6, 6.07) is 3.86. The second kappa shape index (κ2) is 4.66. The Hall–Kier alpha value is -2.70. The molecular formula is C15H16N6O. The highest BCUT2D eigenvalue weighted by molar-refractivity contribution is 6.02. The number of hydrogen-bond acceptors (Lipinski definition) is 4. The summed E-state index contributed by atoms with van der Waals surface area (Å²) in [6.45, 7) is 1.97. The van der Waals surface area contributed by atoms with Gasteiger partial charge >= 0.3 is 0 Å². The smallest absolute Gasteiger partial charge is 0.276 e. The van der Waals surface area contributed by atoms with Crippen LogP contribution in [0.25, 0.3) is 5.65 Å². The van der Waals surface area contributed by atoms with Gasteiger partial charge in [-0.05, 0) is 31.4 Å². The molecule has 1 saturated carbocycles. The van der Waals surface area contributed by atoms with E-state index in [1.54, 1.807) is 10.6 Å². The van der Waals surface area contributed by atoms with Gasteiger partial charge in [0.25, 0.3) is 5.91 Å². The van der Waals surface area contributed by atoms with Crippen molar-refractivity contribution in [1.82, 2.24) is 24.1 Å². The number of aromatic nitrogens is 5. The first-order valence-corrected chi connectivity index (χ1v) is 7.28. The van der Waals surface area contributed by atoms with Crippen molar-refractivity contribution in [2.24, 2.45) is 7.05 Å². The van der Waals surface area contributed by atoms with E-state index in [0.29, 0.717) is 17.6 Å². The largest absolute Gasteiger partial charge is 0.300 e. The topological polar surface area (TPSA) is 77.1 Å². The second-order valence-electron chi connectivity index (χ2n) is 5.70. The van der Waals surface area contributed by atoms with E-state index in [2.05, 4.69) is 20.5 Å². The van der Waals surface area contributed by atoms with Gasteiger partial charge in [0.2, 0.25) is 5.95 Å². The Morgan fingerprint density at radius 2 is 2.18 bits per heavy atom. The zero-order chi connectivity index (χ0) is 15.3. The van der Waals surface area contributed by atoms with Crippen LogP contribution in [-0.4, -0.2) is 30.1 Å². The SMILES string of the molecule is Cc1cccn2c(C(=O)Nc3nnc(C4CC4)n3C)cnc12. The third-order valence-corrected chi connectivity index (χ3v) is 4.04. The van der Waals surface area contributed by atoms with Crippen LogP contribution in [-0.2, 0) is 7.05 Å². The van der Waals surface area contributed by atoms with Crippen molar-refractivity contribution >= 4 is 17.5 Å². The summed E-state index contributed by atoms with van der Waals surface area (Å²) < 4.78 is 3.63. The lowest BCUT2D eigenvalue weighted by Gasteiger charge is -2.05. The molecule has 3 aromatic heterocycles. The first kappa shape index (κ1) is 13.0. The maximum Gasteiger partial charge on any atom is 0.276 e. The molecule has 0 bridgehead atoms. The normalized spacial score (nSPS) is 14.5. The zero-order valence-electron chi connectivity index (χ0n) is 12.4. The molecule has 3 heterocycles. The van der Waals surface area contributed by atoms with Crippen LogP contribution in [0.3, 0.4) is 0 Å². The standard InChI is InChI=1S/C15H16N6O/c1-9-4-3-7-21-11(8-16-12(9)21)14(22)17-15-19-18-13(20(15)2)10-5-6-10/h3-4,7-8,10H,5-6H2,1-2H3,(H,17,19,22). The van der Waals surface area contributed by atoms with Crippen molar-refractivity contribution in [2.75, 3.05) is 5.32 Å². The number of rotatable bonds is 3. The van der Waals surface area contributed by atoms with Gasteiger partial charge in [0.1, 0.15) is 17.2 Å². The number of pyridine rings is 1. The molecule has 112 valence electrons. The van der Waals surface area contributed by atoms with Crippen LogP contribution in [0.1, 0.15) is 40.6 Å². The Bertz CT molecular complexity index is 873. The van der Waals surface area contributed by atoms with Gasteiger partial charge in [-0.15, -0.1) is 10.2 Å². The molecule has 7 heteroatoms. The molecule has 3 aromatic rings. The van der Waals surface area contributed by atoms with Gasteiger partial charge in [-0.25, -0.2) is 4.98 Å². The maximum atomic E-state index is 12.5. The van der Waals surface area contributed by atoms with E-state index in [0.717, 1.165) is 29.9 Å². The van der Waals surface area contributed by atoms with E-state index in [1.165, 1.54) is 0 Å². The average molecular weight is 296 g/mol. The number of carbonyl (C=O) groups excluding carboxylic acids is 1. The van der Waals surface area contributed by atoms with Crippen molar-refractivity contribution < 1.29 is 4.79 Å². The van der Waals surface area contributed by atoms with E-state index >= 15 is 0 Å². The molecule has 0 saturated heterocycles. The molecule has 0 aromatic carbocycles. The summed E-state index contributed by atoms with van der Waals surface area (Å²) in [6.07, 6.45) is 5.70. The van der Waals surface area contributed by atoms with Crippen LogP contribution in [0.4, 0.5) is 5.95 Å². The Labute approximate surface area is 127 Å². The Balaban J connectivity index is 1.65. The van der Waals surface area contributed by atoms with Crippen molar-refractivity contribution in [3.8, 4) is 0 Å². The van der Waals surface area contributed by atoms with Gasteiger partial charge in [-0.3, -0.25) is 19.1 Å². The number of nitrogens with zero attached hydrogens (tertiary/aromatic N) is 5. The fraction of sp³-hybridized carbons (Fsp3) is 0.333. The third-order valence-electron chi connectivity index (χ3n) is 4.04. The number of imidazole rings is 1. The highest BCUT2D eigenvalue weighted by Crippen LogP contribution is 2.39. The minimum Gasteiger partial charge on any atom is -0.300 e. The van der Waals surface area contributed by atoms with Gasteiger partial charge in [0, 0.05) is 19.2 Å². The maximum absolute atomic E-state index is 12.5. The van der Waals surface area contributed by atoms with E-state index in [9.17, 15) is 4.79 Å². The van der Waals surface area contributed by atoms with Gasteiger partial charge < -0.3 is 0 Å². The van der Waals surface area contributed by atoms with Crippen LogP contribution in [0.5, 0.6) is 0 Å². The lowest BCUT2D eigenvalue weighted by Crippen LogP contribution is -2.17. The summed E-state index contributed by atoms with van der Waals surface area (Å²) in [4.78, 5) is 16.8. The van der Waals surface area contributed by atoms with Gasteiger partial charge in [0.05, 0.1) is 6.20 Å². The molecule has 22 heavy (non-hydrogen) atoms. The molecule has 4 rings (SSSR count). The van der Waals surface area contributed by atoms with Crippen LogP contribution in [0.15, 0.2) is 24.5 Å². The fourth-order valence-electron chi connectivity index (χ4n) is 2.63. The summed E-state index contributed by atoms with van der Waals surface area (Å²) in [5.74, 6) is 1.65. The zero-order valence-corrected chi connectivity index (χ0v) is 12.4. The predicted octanol–water partition coefficient (Wildman–Crippen LogP) is 1.90. The Morgan fingerprint density at radius 3 is 2.95 bits per heavy atom. The lowest BCUT2D eigenvalue weighted by molar-refractivity contribution is 0.102. The number of carbonyl (C=O) groups is 1. The molecule has 1 fully saturated rings. The minimum atomic E-state index is -0.240. The first-order chi connectivity index (χ1) is 10.6. The third kappa shape index (κ3) is 1.97.